The highest BCUT2D eigenvalue weighted by Crippen LogP contribution is 2.43. The second kappa shape index (κ2) is 16.0. The topological polar surface area (TPSA) is 3.24 Å². The SMILES string of the molecule is C(=CC1CCC(N(C2CCCCC2)C2CCC(C=C(C3CCCCC3)C3CCCCC3)CC2)CC1)C1CCCCC1. The molecule has 232 valence electrons. The lowest BCUT2D eigenvalue weighted by molar-refractivity contribution is 0.0144. The van der Waals surface area contributed by atoms with Gasteiger partial charge < -0.3 is 0 Å². The molecule has 6 saturated carbocycles. The Balaban J connectivity index is 1.07. The molecular formula is C40H67N. The van der Waals surface area contributed by atoms with Crippen LogP contribution in [0, 0.1) is 29.6 Å². The first-order valence-electron chi connectivity index (χ1n) is 19.5. The number of hydrogen-bond donors (Lipinski definition) is 0. The zero-order valence-corrected chi connectivity index (χ0v) is 27.1. The molecule has 6 fully saturated rings. The second-order valence-corrected chi connectivity index (χ2v) is 16.0. The van der Waals surface area contributed by atoms with E-state index in [9.17, 15) is 0 Å². The first-order chi connectivity index (χ1) is 20.3. The maximum Gasteiger partial charge on any atom is 0.0102 e. The van der Waals surface area contributed by atoms with Gasteiger partial charge >= 0.3 is 0 Å². The number of rotatable bonds is 8. The molecule has 0 amide bonds. The van der Waals surface area contributed by atoms with Crippen molar-refractivity contribution >= 4 is 0 Å². The lowest BCUT2D eigenvalue weighted by Gasteiger charge is -2.49. The Labute approximate surface area is 255 Å². The third-order valence-corrected chi connectivity index (χ3v) is 13.2. The fourth-order valence-electron chi connectivity index (χ4n) is 10.8. The van der Waals surface area contributed by atoms with Gasteiger partial charge in [-0.25, -0.2) is 0 Å². The Morgan fingerprint density at radius 2 is 0.707 bits per heavy atom. The highest BCUT2D eigenvalue weighted by molar-refractivity contribution is 5.15. The van der Waals surface area contributed by atoms with E-state index in [-0.39, 0.29) is 0 Å². The minimum atomic E-state index is 0.875. The van der Waals surface area contributed by atoms with Crippen molar-refractivity contribution in [3.8, 4) is 0 Å². The molecule has 1 nitrogen and oxygen atoms in total. The van der Waals surface area contributed by atoms with Crippen molar-refractivity contribution in [2.24, 2.45) is 29.6 Å². The highest BCUT2D eigenvalue weighted by Gasteiger charge is 2.37. The number of hydrogen-bond acceptors (Lipinski definition) is 1. The van der Waals surface area contributed by atoms with Gasteiger partial charge in [-0.05, 0) is 132 Å². The van der Waals surface area contributed by atoms with Crippen molar-refractivity contribution in [2.75, 3.05) is 0 Å². The molecule has 6 rings (SSSR count). The van der Waals surface area contributed by atoms with Crippen LogP contribution in [0.5, 0.6) is 0 Å². The largest absolute Gasteiger partial charge is 0.294 e. The molecule has 0 unspecified atom stereocenters. The summed E-state index contributed by atoms with van der Waals surface area (Å²) >= 11 is 0. The summed E-state index contributed by atoms with van der Waals surface area (Å²) < 4.78 is 0. The van der Waals surface area contributed by atoms with Crippen LogP contribution in [0.1, 0.15) is 180 Å². The normalized spacial score (nSPS) is 34.3. The van der Waals surface area contributed by atoms with Gasteiger partial charge in [0.1, 0.15) is 0 Å². The molecule has 0 aliphatic heterocycles. The van der Waals surface area contributed by atoms with Gasteiger partial charge in [-0.1, -0.05) is 101 Å². The summed E-state index contributed by atoms with van der Waals surface area (Å²) in [4.78, 5) is 3.21. The van der Waals surface area contributed by atoms with Gasteiger partial charge in [-0.15, -0.1) is 0 Å². The van der Waals surface area contributed by atoms with Crippen LogP contribution in [0.2, 0.25) is 0 Å². The average molecular weight is 562 g/mol. The van der Waals surface area contributed by atoms with Gasteiger partial charge in [-0.2, -0.15) is 0 Å². The fourth-order valence-corrected chi connectivity index (χ4v) is 10.8. The molecule has 0 spiro atoms. The van der Waals surface area contributed by atoms with E-state index in [0.717, 1.165) is 47.7 Å². The summed E-state index contributed by atoms with van der Waals surface area (Å²) in [6.07, 6.45) is 49.9. The van der Waals surface area contributed by atoms with Crippen molar-refractivity contribution in [1.29, 1.82) is 0 Å². The van der Waals surface area contributed by atoms with E-state index in [1.807, 2.05) is 5.57 Å². The van der Waals surface area contributed by atoms with E-state index < -0.39 is 0 Å². The Bertz CT molecular complexity index is 765. The van der Waals surface area contributed by atoms with Gasteiger partial charge in [0.25, 0.3) is 0 Å². The Hall–Kier alpha value is -0.560. The van der Waals surface area contributed by atoms with Gasteiger partial charge in [0.2, 0.25) is 0 Å². The molecule has 0 heterocycles. The summed E-state index contributed by atoms with van der Waals surface area (Å²) in [5.74, 6) is 4.57. The lowest BCUT2D eigenvalue weighted by atomic mass is 9.71. The molecule has 6 aliphatic rings. The zero-order valence-electron chi connectivity index (χ0n) is 27.1. The molecule has 0 N–H and O–H groups in total. The molecular weight excluding hydrogens is 494 g/mol. The summed E-state index contributed by atoms with van der Waals surface area (Å²) in [6.45, 7) is 0. The van der Waals surface area contributed by atoms with E-state index in [0.29, 0.717) is 0 Å². The summed E-state index contributed by atoms with van der Waals surface area (Å²) in [5, 5.41) is 0. The summed E-state index contributed by atoms with van der Waals surface area (Å²) in [6, 6.07) is 2.67. The quantitative estimate of drug-likeness (QED) is 0.266. The van der Waals surface area contributed by atoms with Crippen LogP contribution in [-0.2, 0) is 0 Å². The van der Waals surface area contributed by atoms with Crippen molar-refractivity contribution in [3.05, 3.63) is 23.8 Å². The minimum absolute atomic E-state index is 0.875. The van der Waals surface area contributed by atoms with Gasteiger partial charge in [0, 0.05) is 18.1 Å². The standard InChI is InChI=1S/C40H67N/c1-5-13-32(14-6-1)21-22-33-23-27-38(28-24-33)41(37-19-11-4-12-20-37)39-29-25-34(26-30-39)31-40(35-15-7-2-8-16-35)36-17-9-3-10-18-36/h21-22,31-39H,1-20,23-30H2. The van der Waals surface area contributed by atoms with Gasteiger partial charge in [0.15, 0.2) is 0 Å². The molecule has 0 aromatic heterocycles. The first kappa shape index (κ1) is 30.5. The Morgan fingerprint density at radius 3 is 1.20 bits per heavy atom. The monoisotopic (exact) mass is 562 g/mol. The lowest BCUT2D eigenvalue weighted by Crippen LogP contribution is -2.52. The maximum atomic E-state index is 3.21. The van der Waals surface area contributed by atoms with Crippen molar-refractivity contribution in [2.45, 2.75) is 198 Å². The van der Waals surface area contributed by atoms with Crippen molar-refractivity contribution < 1.29 is 0 Å². The molecule has 0 radical (unpaired) electrons. The molecule has 41 heavy (non-hydrogen) atoms. The van der Waals surface area contributed by atoms with Gasteiger partial charge in [-0.3, -0.25) is 4.90 Å². The van der Waals surface area contributed by atoms with Crippen LogP contribution < -0.4 is 0 Å². The maximum absolute atomic E-state index is 3.21. The third kappa shape index (κ3) is 8.54. The fraction of sp³-hybridized carbons (Fsp3) is 0.900. The van der Waals surface area contributed by atoms with Crippen LogP contribution in [-0.4, -0.2) is 23.0 Å². The van der Waals surface area contributed by atoms with Crippen molar-refractivity contribution in [1.82, 2.24) is 4.90 Å². The van der Waals surface area contributed by atoms with Crippen molar-refractivity contribution in [3.63, 3.8) is 0 Å². The van der Waals surface area contributed by atoms with Crippen LogP contribution in [0.25, 0.3) is 0 Å². The minimum Gasteiger partial charge on any atom is -0.294 e. The first-order valence-corrected chi connectivity index (χ1v) is 19.5. The Morgan fingerprint density at radius 1 is 0.341 bits per heavy atom. The molecule has 0 atom stereocenters. The van der Waals surface area contributed by atoms with E-state index in [2.05, 4.69) is 23.1 Å². The van der Waals surface area contributed by atoms with Gasteiger partial charge in [0.05, 0.1) is 0 Å². The smallest absolute Gasteiger partial charge is 0.0102 e. The third-order valence-electron chi connectivity index (χ3n) is 13.2. The number of nitrogens with zero attached hydrogens (tertiary/aromatic N) is 1. The predicted octanol–water partition coefficient (Wildman–Crippen LogP) is 12.0. The summed E-state index contributed by atoms with van der Waals surface area (Å²) in [7, 11) is 0. The highest BCUT2D eigenvalue weighted by atomic mass is 15.2. The van der Waals surface area contributed by atoms with Crippen LogP contribution >= 0.6 is 0 Å². The molecule has 0 bridgehead atoms. The number of allylic oxidation sites excluding steroid dienone is 4. The molecule has 0 aromatic carbocycles. The van der Waals surface area contributed by atoms with E-state index in [4.69, 9.17) is 0 Å². The molecule has 0 aromatic rings. The zero-order chi connectivity index (χ0) is 27.7. The summed E-state index contributed by atoms with van der Waals surface area (Å²) in [5.41, 5.74) is 1.98. The second-order valence-electron chi connectivity index (χ2n) is 16.0. The van der Waals surface area contributed by atoms with Crippen LogP contribution in [0.3, 0.4) is 0 Å². The van der Waals surface area contributed by atoms with Crippen LogP contribution in [0.4, 0.5) is 0 Å². The van der Waals surface area contributed by atoms with E-state index >= 15 is 0 Å². The Kier molecular flexibility index (Phi) is 11.9. The van der Waals surface area contributed by atoms with E-state index in [1.165, 1.54) is 180 Å². The predicted molar refractivity (Wildman–Crippen MR) is 177 cm³/mol. The molecule has 0 saturated heterocycles. The molecule has 1 heteroatoms. The average Bonchev–Trinajstić information content (AvgIpc) is 3.06. The van der Waals surface area contributed by atoms with Crippen LogP contribution in [0.15, 0.2) is 23.8 Å². The van der Waals surface area contributed by atoms with E-state index in [1.54, 1.807) is 0 Å². The molecule has 6 aliphatic carbocycles.